The molecular weight excluding hydrogens is 241 g/mol. The van der Waals surface area contributed by atoms with Crippen molar-refractivity contribution in [1.29, 1.82) is 0 Å². The molecule has 0 saturated carbocycles. The third-order valence-electron chi connectivity index (χ3n) is 2.30. The van der Waals surface area contributed by atoms with Gasteiger partial charge in [-0.1, -0.05) is 6.92 Å². The molecule has 98 valence electrons. The van der Waals surface area contributed by atoms with E-state index in [1.165, 1.54) is 13.8 Å². The molecule has 1 heterocycles. The number of hydrogen-bond acceptors (Lipinski definition) is 4. The molecule has 1 N–H and O–H groups in total. The Bertz CT molecular complexity index is 335. The zero-order chi connectivity index (χ0) is 13.2. The average molecular weight is 254 g/mol. The van der Waals surface area contributed by atoms with Gasteiger partial charge in [-0.2, -0.15) is 13.2 Å². The van der Waals surface area contributed by atoms with Crippen LogP contribution < -0.4 is 0 Å². The van der Waals surface area contributed by atoms with E-state index in [1.807, 2.05) is 0 Å². The van der Waals surface area contributed by atoms with Crippen LogP contribution in [0.4, 0.5) is 13.2 Å². The quantitative estimate of drug-likeness (QED) is 0.762. The first-order valence-electron chi connectivity index (χ1n) is 5.09. The van der Waals surface area contributed by atoms with Gasteiger partial charge in [0.25, 0.3) is 0 Å². The second kappa shape index (κ2) is 4.95. The molecular formula is C10H13F3O4. The fourth-order valence-electron chi connectivity index (χ4n) is 1.46. The van der Waals surface area contributed by atoms with Crippen molar-refractivity contribution in [2.45, 2.75) is 32.7 Å². The van der Waals surface area contributed by atoms with Gasteiger partial charge in [0, 0.05) is 5.92 Å². The highest BCUT2D eigenvalue weighted by Gasteiger charge is 2.45. The Morgan fingerprint density at radius 3 is 2.65 bits per heavy atom. The molecule has 0 fully saturated rings. The molecule has 7 heteroatoms. The summed E-state index contributed by atoms with van der Waals surface area (Å²) >= 11 is 0. The zero-order valence-corrected chi connectivity index (χ0v) is 9.37. The van der Waals surface area contributed by atoms with Crippen LogP contribution >= 0.6 is 0 Å². The van der Waals surface area contributed by atoms with Gasteiger partial charge < -0.3 is 14.6 Å². The predicted octanol–water partition coefficient (Wildman–Crippen LogP) is 1.74. The molecule has 1 rings (SSSR count). The lowest BCUT2D eigenvalue weighted by Crippen LogP contribution is -2.34. The van der Waals surface area contributed by atoms with E-state index in [-0.39, 0.29) is 13.0 Å². The summed E-state index contributed by atoms with van der Waals surface area (Å²) in [6.45, 7) is 2.95. The number of aliphatic hydroxyl groups is 1. The van der Waals surface area contributed by atoms with Crippen molar-refractivity contribution < 1.29 is 32.5 Å². The third kappa shape index (κ3) is 3.12. The maximum absolute atomic E-state index is 12.6. The Hall–Kier alpha value is -1.24. The molecule has 0 aromatic carbocycles. The lowest BCUT2D eigenvalue weighted by atomic mass is 9.96. The molecule has 2 atom stereocenters. The van der Waals surface area contributed by atoms with Crippen molar-refractivity contribution in [2.75, 3.05) is 6.61 Å². The van der Waals surface area contributed by atoms with Crippen molar-refractivity contribution in [2.24, 2.45) is 5.92 Å². The summed E-state index contributed by atoms with van der Waals surface area (Å²) in [4.78, 5) is 11.4. The smallest absolute Gasteiger partial charge is 0.449 e. The van der Waals surface area contributed by atoms with E-state index in [0.29, 0.717) is 0 Å². The second-order valence-electron chi connectivity index (χ2n) is 3.72. The first kappa shape index (κ1) is 13.8. The molecule has 0 radical (unpaired) electrons. The Balaban J connectivity index is 3.09. The maximum Gasteiger partial charge on any atom is 0.449 e. The van der Waals surface area contributed by atoms with E-state index in [0.717, 1.165) is 0 Å². The number of hydrogen-bond donors (Lipinski definition) is 1. The standard InChI is InChI=1S/C10H13F3O4/c1-3-16-9(15)6-4-5(2)8(14)17-7(6)10(11,12)13/h5,8,14H,3-4H2,1-2H3. The van der Waals surface area contributed by atoms with E-state index in [9.17, 15) is 23.1 Å². The van der Waals surface area contributed by atoms with Gasteiger partial charge in [-0.15, -0.1) is 0 Å². The molecule has 1 aliphatic heterocycles. The minimum atomic E-state index is -4.82. The molecule has 0 aliphatic carbocycles. The molecule has 0 amide bonds. The molecule has 0 saturated heterocycles. The summed E-state index contributed by atoms with van der Waals surface area (Å²) in [5, 5.41) is 9.23. The summed E-state index contributed by atoms with van der Waals surface area (Å²) in [5.41, 5.74) is -0.572. The fraction of sp³-hybridized carbons (Fsp3) is 0.700. The number of aliphatic hydroxyl groups excluding tert-OH is 1. The highest BCUT2D eigenvalue weighted by molar-refractivity contribution is 5.89. The van der Waals surface area contributed by atoms with Crippen molar-refractivity contribution in [3.05, 3.63) is 11.3 Å². The van der Waals surface area contributed by atoms with E-state index in [4.69, 9.17) is 0 Å². The van der Waals surface area contributed by atoms with Crippen LogP contribution in [-0.4, -0.2) is 30.1 Å². The van der Waals surface area contributed by atoms with Crippen molar-refractivity contribution in [3.8, 4) is 0 Å². The monoisotopic (exact) mass is 254 g/mol. The van der Waals surface area contributed by atoms with Crippen LogP contribution in [0.3, 0.4) is 0 Å². The molecule has 2 unspecified atom stereocenters. The molecule has 0 spiro atoms. The molecule has 4 nitrogen and oxygen atoms in total. The summed E-state index contributed by atoms with van der Waals surface area (Å²) in [7, 11) is 0. The Kier molecular flexibility index (Phi) is 4.03. The SMILES string of the molecule is CCOC(=O)C1=C(C(F)(F)F)OC(O)C(C)C1. The highest BCUT2D eigenvalue weighted by Crippen LogP contribution is 2.37. The number of ether oxygens (including phenoxy) is 2. The third-order valence-corrected chi connectivity index (χ3v) is 2.30. The van der Waals surface area contributed by atoms with Gasteiger partial charge in [-0.05, 0) is 13.3 Å². The molecule has 0 aromatic rings. The number of halogens is 3. The normalized spacial score (nSPS) is 25.5. The molecule has 1 aliphatic rings. The van der Waals surface area contributed by atoms with Gasteiger partial charge in [0.15, 0.2) is 6.29 Å². The summed E-state index contributed by atoms with van der Waals surface area (Å²) in [6, 6.07) is 0. The largest absolute Gasteiger partial charge is 0.463 e. The Labute approximate surface area is 96.0 Å². The number of esters is 1. The Morgan fingerprint density at radius 2 is 2.18 bits per heavy atom. The van der Waals surface area contributed by atoms with Gasteiger partial charge in [-0.3, -0.25) is 0 Å². The summed E-state index contributed by atoms with van der Waals surface area (Å²) in [5.74, 6) is -3.11. The van der Waals surface area contributed by atoms with Crippen molar-refractivity contribution in [3.63, 3.8) is 0 Å². The van der Waals surface area contributed by atoms with Crippen molar-refractivity contribution in [1.82, 2.24) is 0 Å². The van der Waals surface area contributed by atoms with E-state index >= 15 is 0 Å². The van der Waals surface area contributed by atoms with Gasteiger partial charge in [-0.25, -0.2) is 4.79 Å². The lowest BCUT2D eigenvalue weighted by molar-refractivity contribution is -0.194. The second-order valence-corrected chi connectivity index (χ2v) is 3.72. The van der Waals surface area contributed by atoms with E-state index in [2.05, 4.69) is 9.47 Å². The van der Waals surface area contributed by atoms with Crippen LogP contribution in [0.25, 0.3) is 0 Å². The predicted molar refractivity (Wildman–Crippen MR) is 50.6 cm³/mol. The van der Waals surface area contributed by atoms with Crippen LogP contribution in [-0.2, 0) is 14.3 Å². The first-order chi connectivity index (χ1) is 7.77. The van der Waals surface area contributed by atoms with Crippen LogP contribution in [0, 0.1) is 5.92 Å². The lowest BCUT2D eigenvalue weighted by Gasteiger charge is -2.29. The zero-order valence-electron chi connectivity index (χ0n) is 9.37. The minimum absolute atomic E-state index is 0.0234. The minimum Gasteiger partial charge on any atom is -0.463 e. The number of carbonyl (C=O) groups excluding carboxylic acids is 1. The highest BCUT2D eigenvalue weighted by atomic mass is 19.4. The van der Waals surface area contributed by atoms with E-state index < -0.39 is 35.7 Å². The van der Waals surface area contributed by atoms with Crippen LogP contribution in [0.5, 0.6) is 0 Å². The van der Waals surface area contributed by atoms with Gasteiger partial charge in [0.05, 0.1) is 12.2 Å². The first-order valence-corrected chi connectivity index (χ1v) is 5.09. The van der Waals surface area contributed by atoms with Crippen LogP contribution in [0.2, 0.25) is 0 Å². The number of carbonyl (C=O) groups is 1. The summed E-state index contributed by atoms with van der Waals surface area (Å²) in [6.07, 6.45) is -6.61. The van der Waals surface area contributed by atoms with Gasteiger partial charge in [0.2, 0.25) is 5.76 Å². The molecule has 17 heavy (non-hydrogen) atoms. The topological polar surface area (TPSA) is 55.8 Å². The molecule has 0 aromatic heterocycles. The number of alkyl halides is 3. The average Bonchev–Trinajstić information content (AvgIpc) is 2.20. The fourth-order valence-corrected chi connectivity index (χ4v) is 1.46. The summed E-state index contributed by atoms with van der Waals surface area (Å²) < 4.78 is 46.7. The van der Waals surface area contributed by atoms with Gasteiger partial charge in [0.1, 0.15) is 0 Å². The number of rotatable bonds is 2. The van der Waals surface area contributed by atoms with E-state index in [1.54, 1.807) is 0 Å². The van der Waals surface area contributed by atoms with Crippen LogP contribution in [0.15, 0.2) is 11.3 Å². The Morgan fingerprint density at radius 1 is 1.59 bits per heavy atom. The molecule has 0 bridgehead atoms. The van der Waals surface area contributed by atoms with Crippen LogP contribution in [0.1, 0.15) is 20.3 Å². The number of allylic oxidation sites excluding steroid dienone is 1. The van der Waals surface area contributed by atoms with Gasteiger partial charge >= 0.3 is 12.1 Å². The maximum atomic E-state index is 12.6. The van der Waals surface area contributed by atoms with Crippen molar-refractivity contribution >= 4 is 5.97 Å².